The Morgan fingerprint density at radius 1 is 1.03 bits per heavy atom. The number of hydrogen-bond donors (Lipinski definition) is 0. The second-order valence-corrected chi connectivity index (χ2v) is 13.3. The average molecular weight is 466 g/mol. The van der Waals surface area contributed by atoms with Crippen LogP contribution in [0.1, 0.15) is 54.9 Å². The van der Waals surface area contributed by atoms with Crippen LogP contribution in [0.5, 0.6) is 0 Å². The van der Waals surface area contributed by atoms with Gasteiger partial charge in [0, 0.05) is 37.3 Å². The smallest absolute Gasteiger partial charge is 0.177 e. The molecule has 178 valence electrons. The summed E-state index contributed by atoms with van der Waals surface area (Å²) < 4.78 is 0. The summed E-state index contributed by atoms with van der Waals surface area (Å²) in [7, 11) is 0. The molecule has 1 aromatic heterocycles. The fourth-order valence-corrected chi connectivity index (χ4v) is 5.96. The number of anilines is 1. The predicted octanol–water partition coefficient (Wildman–Crippen LogP) is 6.73. The van der Waals surface area contributed by atoms with Gasteiger partial charge in [0.1, 0.15) is 5.82 Å². The van der Waals surface area contributed by atoms with E-state index in [1.54, 1.807) is 0 Å². The molecule has 2 aliphatic rings. The normalized spacial score (nSPS) is 20.5. The van der Waals surface area contributed by atoms with Gasteiger partial charge in [-0.25, -0.2) is 4.98 Å². The summed E-state index contributed by atoms with van der Waals surface area (Å²) >= 11 is 6.79. The molecule has 2 saturated heterocycles. The topological polar surface area (TPSA) is 19.4 Å². The summed E-state index contributed by atoms with van der Waals surface area (Å²) in [6.45, 7) is 25.2. The van der Waals surface area contributed by atoms with E-state index in [9.17, 15) is 0 Å². The van der Waals surface area contributed by atoms with Crippen molar-refractivity contribution < 1.29 is 0 Å². The van der Waals surface area contributed by atoms with Gasteiger partial charge in [0.25, 0.3) is 0 Å². The van der Waals surface area contributed by atoms with Crippen molar-refractivity contribution >= 4 is 40.5 Å². The Labute approximate surface area is 206 Å². The third kappa shape index (κ3) is 5.06. The maximum Gasteiger partial charge on any atom is 0.177 e. The Balaban J connectivity index is 1.49. The van der Waals surface area contributed by atoms with E-state index < -0.39 is 0 Å². The molecule has 0 amide bonds. The molecule has 0 unspecified atom stereocenters. The van der Waals surface area contributed by atoms with Gasteiger partial charge in [0.05, 0.1) is 10.5 Å². The van der Waals surface area contributed by atoms with Crippen LogP contribution in [-0.4, -0.2) is 42.8 Å². The van der Waals surface area contributed by atoms with Gasteiger partial charge < -0.3 is 9.80 Å². The maximum absolute atomic E-state index is 6.79. The highest BCUT2D eigenvalue weighted by molar-refractivity contribution is 6.74. The van der Waals surface area contributed by atoms with E-state index >= 15 is 0 Å². The highest BCUT2D eigenvalue weighted by Gasteiger charge is 2.48. The van der Waals surface area contributed by atoms with Crippen LogP contribution < -0.4 is 10.4 Å². The zero-order valence-electron chi connectivity index (χ0n) is 21.8. The number of piperazine rings is 1. The summed E-state index contributed by atoms with van der Waals surface area (Å²) in [5, 5.41) is 1.91. The molecular weight excluding hydrogens is 425 g/mol. The van der Waals surface area contributed by atoms with Gasteiger partial charge >= 0.3 is 0 Å². The van der Waals surface area contributed by atoms with Gasteiger partial charge in [-0.2, -0.15) is 0 Å². The minimum Gasteiger partial charge on any atom is -0.372 e. The first-order valence-corrected chi connectivity index (χ1v) is 12.9. The zero-order chi connectivity index (χ0) is 24.2. The molecule has 33 heavy (non-hydrogen) atoms. The van der Waals surface area contributed by atoms with Gasteiger partial charge in [0.15, 0.2) is 6.71 Å². The van der Waals surface area contributed by atoms with Crippen molar-refractivity contribution in [1.29, 1.82) is 0 Å². The van der Waals surface area contributed by atoms with Gasteiger partial charge in [-0.15, -0.1) is 0 Å². The first kappa shape index (κ1) is 24.4. The van der Waals surface area contributed by atoms with Crippen molar-refractivity contribution in [3.8, 4) is 0 Å². The first-order valence-electron chi connectivity index (χ1n) is 12.5. The van der Waals surface area contributed by atoms with Gasteiger partial charge in [-0.1, -0.05) is 96.9 Å². The molecule has 0 atom stereocenters. The molecule has 2 aliphatic heterocycles. The third-order valence-corrected chi connectivity index (χ3v) is 8.63. The second-order valence-electron chi connectivity index (χ2n) is 12.9. The van der Waals surface area contributed by atoms with Crippen LogP contribution >= 0.6 is 11.6 Å². The van der Waals surface area contributed by atoms with E-state index in [1.165, 1.54) is 23.8 Å². The fraction of sp³-hybridized carbons (Fsp3) is 0.607. The lowest BCUT2D eigenvalue weighted by molar-refractivity contribution is 0.177. The van der Waals surface area contributed by atoms with Gasteiger partial charge in [-0.3, -0.25) is 0 Å². The molecule has 5 heteroatoms. The number of aromatic nitrogens is 1. The molecule has 0 bridgehead atoms. The van der Waals surface area contributed by atoms with Crippen molar-refractivity contribution in [1.82, 2.24) is 9.88 Å². The number of allylic oxidation sites excluding steroid dienone is 1. The number of nitrogens with zero attached hydrogens (tertiary/aromatic N) is 3. The Morgan fingerprint density at radius 2 is 1.64 bits per heavy atom. The van der Waals surface area contributed by atoms with E-state index in [2.05, 4.69) is 89.1 Å². The lowest BCUT2D eigenvalue weighted by atomic mass is 9.42. The monoisotopic (exact) mass is 465 g/mol. The van der Waals surface area contributed by atoms with E-state index in [0.717, 1.165) is 54.3 Å². The number of pyridine rings is 1. The molecule has 3 heterocycles. The predicted molar refractivity (Wildman–Crippen MR) is 146 cm³/mol. The molecule has 0 aliphatic carbocycles. The van der Waals surface area contributed by atoms with Crippen LogP contribution in [0.4, 0.5) is 5.82 Å². The largest absolute Gasteiger partial charge is 0.372 e. The van der Waals surface area contributed by atoms with E-state index in [1.807, 2.05) is 0 Å². The molecule has 0 radical (unpaired) electrons. The quantitative estimate of drug-likeness (QED) is 0.467. The number of rotatable bonds is 4. The highest BCUT2D eigenvalue weighted by Crippen LogP contribution is 2.52. The van der Waals surface area contributed by atoms with Crippen LogP contribution in [0.25, 0.3) is 10.9 Å². The summed E-state index contributed by atoms with van der Waals surface area (Å²) in [5.41, 5.74) is 4.68. The molecule has 0 spiro atoms. The molecule has 4 rings (SSSR count). The molecular formula is C28H41BClN3. The minimum absolute atomic E-state index is 0.264. The molecule has 3 nitrogen and oxygen atoms in total. The number of fused-ring (bicyclic) bond motifs is 1. The first-order chi connectivity index (χ1) is 15.3. The number of benzene rings is 1. The van der Waals surface area contributed by atoms with Gasteiger partial charge in [-0.05, 0) is 34.8 Å². The van der Waals surface area contributed by atoms with Crippen LogP contribution in [0.15, 0.2) is 36.5 Å². The van der Waals surface area contributed by atoms with Crippen LogP contribution in [-0.2, 0) is 0 Å². The standard InChI is InChI=1S/C28H41BClN3/c1-20(17-26(2,3)4)32-11-13-33(14-12-32)25-23(30)16-21-15-22(9-10-24(21)31-25)29-18-27(5,6)28(7,8)19-29/h9-10,15-16H,1,11-14,17-19H2,2-8H3. The molecule has 0 saturated carbocycles. The number of hydrogen-bond acceptors (Lipinski definition) is 3. The van der Waals surface area contributed by atoms with Gasteiger partial charge in [0.2, 0.25) is 0 Å². The van der Waals surface area contributed by atoms with Crippen molar-refractivity contribution in [2.45, 2.75) is 67.5 Å². The lowest BCUT2D eigenvalue weighted by Gasteiger charge is -2.39. The van der Waals surface area contributed by atoms with Crippen molar-refractivity contribution in [2.24, 2.45) is 16.2 Å². The zero-order valence-corrected chi connectivity index (χ0v) is 22.5. The average Bonchev–Trinajstić information content (AvgIpc) is 2.93. The Bertz CT molecular complexity index is 1030. The fourth-order valence-electron chi connectivity index (χ4n) is 5.69. The Hall–Kier alpha value is -1.68. The Morgan fingerprint density at radius 3 is 2.21 bits per heavy atom. The number of halogens is 1. The third-order valence-electron chi connectivity index (χ3n) is 8.35. The van der Waals surface area contributed by atoms with Crippen molar-refractivity contribution in [3.63, 3.8) is 0 Å². The van der Waals surface area contributed by atoms with E-state index in [0.29, 0.717) is 17.5 Å². The summed E-state index contributed by atoms with van der Waals surface area (Å²) in [4.78, 5) is 9.76. The molecule has 2 fully saturated rings. The SMILES string of the molecule is C=C(CC(C)(C)C)N1CCN(c2nc3ccc(B4CC(C)(C)C(C)(C)C4)cc3cc2Cl)CC1. The lowest BCUT2D eigenvalue weighted by Crippen LogP contribution is -2.46. The second kappa shape index (κ2) is 8.52. The Kier molecular flexibility index (Phi) is 6.31. The van der Waals surface area contributed by atoms with Crippen molar-refractivity contribution in [2.75, 3.05) is 31.1 Å². The van der Waals surface area contributed by atoms with E-state index in [4.69, 9.17) is 16.6 Å². The summed E-state index contributed by atoms with van der Waals surface area (Å²) in [6.07, 6.45) is 3.49. The maximum atomic E-state index is 6.79. The molecule has 1 aromatic carbocycles. The molecule has 2 aromatic rings. The van der Waals surface area contributed by atoms with Crippen molar-refractivity contribution in [3.05, 3.63) is 41.6 Å². The minimum atomic E-state index is 0.264. The van der Waals surface area contributed by atoms with Crippen LogP contribution in [0.2, 0.25) is 17.7 Å². The summed E-state index contributed by atoms with van der Waals surface area (Å²) in [5.74, 6) is 0.918. The van der Waals surface area contributed by atoms with E-state index in [-0.39, 0.29) is 5.41 Å². The highest BCUT2D eigenvalue weighted by atomic mass is 35.5. The van der Waals surface area contributed by atoms with Crippen LogP contribution in [0, 0.1) is 16.2 Å². The molecule has 0 N–H and O–H groups in total. The van der Waals surface area contributed by atoms with Crippen LogP contribution in [0.3, 0.4) is 0 Å². The summed E-state index contributed by atoms with van der Waals surface area (Å²) in [6, 6.07) is 8.95.